The molecule has 1 aliphatic rings. The van der Waals surface area contributed by atoms with E-state index in [1.807, 2.05) is 37.3 Å². The molecule has 2 aromatic carbocycles. The van der Waals surface area contributed by atoms with Gasteiger partial charge in [-0.3, -0.25) is 0 Å². The topological polar surface area (TPSA) is 58.5 Å². The molecule has 0 bridgehead atoms. The highest BCUT2D eigenvalue weighted by Crippen LogP contribution is 2.39. The number of hydrazone groups is 1. The monoisotopic (exact) mass is 326 g/mol. The highest BCUT2D eigenvalue weighted by atomic mass is 32.2. The zero-order valence-electron chi connectivity index (χ0n) is 12.9. The molecule has 0 spiro atoms. The van der Waals surface area contributed by atoms with Crippen LogP contribution >= 0.6 is 0 Å². The highest BCUT2D eigenvalue weighted by Gasteiger charge is 2.34. The predicted octanol–water partition coefficient (Wildman–Crippen LogP) is 3.25. The van der Waals surface area contributed by atoms with E-state index in [4.69, 9.17) is 0 Å². The van der Waals surface area contributed by atoms with Crippen molar-refractivity contribution in [3.63, 3.8) is 0 Å². The maximum atomic E-state index is 12.4. The van der Waals surface area contributed by atoms with Crippen LogP contribution in [0, 0.1) is 12.8 Å². The lowest BCUT2D eigenvalue weighted by Crippen LogP contribution is -2.21. The zero-order chi connectivity index (χ0) is 16.4. The number of rotatable bonds is 5. The van der Waals surface area contributed by atoms with E-state index in [-0.39, 0.29) is 10.8 Å². The minimum absolute atomic E-state index is 0.123. The first kappa shape index (κ1) is 15.5. The molecule has 1 saturated carbocycles. The minimum atomic E-state index is -3.67. The Morgan fingerprint density at radius 2 is 1.74 bits per heavy atom. The molecule has 1 aliphatic carbocycles. The van der Waals surface area contributed by atoms with Crippen molar-refractivity contribution in [3.8, 4) is 0 Å². The van der Waals surface area contributed by atoms with Gasteiger partial charge in [0.1, 0.15) is 0 Å². The van der Waals surface area contributed by atoms with E-state index in [2.05, 4.69) is 16.5 Å². The molecule has 1 N–H and O–H groups in total. The van der Waals surface area contributed by atoms with E-state index < -0.39 is 10.0 Å². The van der Waals surface area contributed by atoms with Gasteiger partial charge in [-0.25, -0.2) is 0 Å². The van der Waals surface area contributed by atoms with Gasteiger partial charge in [0.15, 0.2) is 0 Å². The largest absolute Gasteiger partial charge is 0.276 e. The van der Waals surface area contributed by atoms with Gasteiger partial charge in [-0.2, -0.15) is 18.4 Å². The third-order valence-corrected chi connectivity index (χ3v) is 5.04. The molecule has 1 fully saturated rings. The third-order valence-electron chi connectivity index (χ3n) is 3.82. The highest BCUT2D eigenvalue weighted by molar-refractivity contribution is 7.89. The summed E-state index contributed by atoms with van der Waals surface area (Å²) in [5.74, 6) is 0.123. The van der Waals surface area contributed by atoms with E-state index >= 15 is 0 Å². The number of hydrogen-bond acceptors (Lipinski definition) is 3. The summed E-state index contributed by atoms with van der Waals surface area (Å²) < 4.78 is 24.7. The van der Waals surface area contributed by atoms with E-state index in [1.54, 1.807) is 24.3 Å². The first-order chi connectivity index (χ1) is 11.0. The summed E-state index contributed by atoms with van der Waals surface area (Å²) in [5.41, 5.74) is 3.70. The molecule has 0 amide bonds. The van der Waals surface area contributed by atoms with Crippen LogP contribution in [0.4, 0.5) is 0 Å². The molecule has 1 atom stereocenters. The van der Waals surface area contributed by atoms with Crippen molar-refractivity contribution in [1.82, 2.24) is 4.83 Å². The molecule has 118 valence electrons. The van der Waals surface area contributed by atoms with Crippen molar-refractivity contribution in [2.75, 3.05) is 0 Å². The van der Waals surface area contributed by atoms with Gasteiger partial charge in [0.25, 0.3) is 10.0 Å². The van der Waals surface area contributed by atoms with Gasteiger partial charge in [0.05, 0.1) is 10.6 Å². The van der Waals surface area contributed by atoms with Crippen LogP contribution in [-0.4, -0.2) is 14.1 Å². The Morgan fingerprint density at radius 1 is 1.13 bits per heavy atom. The Labute approximate surface area is 136 Å². The van der Waals surface area contributed by atoms with Crippen molar-refractivity contribution >= 4 is 15.7 Å². The average molecular weight is 326 g/mol. The first-order valence-corrected chi connectivity index (χ1v) is 8.85. The molecule has 5 heteroatoms. The van der Waals surface area contributed by atoms with Crippen molar-refractivity contribution in [2.45, 2.75) is 18.2 Å². The smallest absolute Gasteiger partial charge is 0.200 e. The molecule has 0 heterocycles. The molecule has 0 aliphatic heterocycles. The molecular formula is C18H18N2O2S. The van der Waals surface area contributed by atoms with E-state index in [0.717, 1.165) is 23.1 Å². The van der Waals surface area contributed by atoms with Crippen LogP contribution in [0.1, 0.15) is 17.5 Å². The molecular weight excluding hydrogens is 308 g/mol. The second kappa shape index (κ2) is 6.01. The van der Waals surface area contributed by atoms with Crippen LogP contribution in [0.5, 0.6) is 0 Å². The number of benzene rings is 2. The van der Waals surface area contributed by atoms with Gasteiger partial charge < -0.3 is 0 Å². The molecule has 1 unspecified atom stereocenters. The third kappa shape index (κ3) is 3.51. The number of hydrogen-bond donors (Lipinski definition) is 1. The number of nitrogens with zero attached hydrogens (tertiary/aromatic N) is 1. The maximum Gasteiger partial charge on any atom is 0.276 e. The van der Waals surface area contributed by atoms with E-state index in [9.17, 15) is 8.42 Å². The maximum absolute atomic E-state index is 12.4. The molecule has 23 heavy (non-hydrogen) atoms. The fourth-order valence-electron chi connectivity index (χ4n) is 2.33. The Bertz CT molecular complexity index is 854. The van der Waals surface area contributed by atoms with Crippen LogP contribution in [0.3, 0.4) is 0 Å². The Morgan fingerprint density at radius 3 is 2.30 bits per heavy atom. The number of aryl methyl sites for hydroxylation is 1. The summed E-state index contributed by atoms with van der Waals surface area (Å²) in [5, 5.41) is 4.19. The first-order valence-electron chi connectivity index (χ1n) is 7.36. The van der Waals surface area contributed by atoms with Gasteiger partial charge in [0.2, 0.25) is 0 Å². The summed E-state index contributed by atoms with van der Waals surface area (Å²) >= 11 is 0. The average Bonchev–Trinajstić information content (AvgIpc) is 3.25. The molecule has 4 nitrogen and oxygen atoms in total. The summed E-state index contributed by atoms with van der Waals surface area (Å²) in [7, 11) is -3.67. The Balaban J connectivity index is 1.89. The summed E-state index contributed by atoms with van der Waals surface area (Å²) in [4.78, 5) is 2.56. The Kier molecular flexibility index (Phi) is 4.05. The fourth-order valence-corrected chi connectivity index (χ4v) is 3.14. The second-order valence-electron chi connectivity index (χ2n) is 5.69. The van der Waals surface area contributed by atoms with Gasteiger partial charge in [-0.05, 0) is 31.0 Å². The quantitative estimate of drug-likeness (QED) is 0.521. The molecule has 0 aromatic heterocycles. The van der Waals surface area contributed by atoms with E-state index in [1.165, 1.54) is 0 Å². The van der Waals surface area contributed by atoms with E-state index in [0.29, 0.717) is 5.71 Å². The van der Waals surface area contributed by atoms with Gasteiger partial charge in [-0.1, -0.05) is 60.2 Å². The van der Waals surface area contributed by atoms with Crippen LogP contribution in [0.15, 0.2) is 76.7 Å². The van der Waals surface area contributed by atoms with Crippen molar-refractivity contribution in [1.29, 1.82) is 0 Å². The standard InChI is InChI=1S/C18H18N2O2S/c1-13-8-10-16(11-9-13)23(21,22)20-19-18(17-12-14(17)2)15-6-4-3-5-7-15/h3-11,17,20H,2,12H2,1H3/b19-18-. The summed E-state index contributed by atoms with van der Waals surface area (Å²) in [6, 6.07) is 16.2. The Hall–Kier alpha value is -2.40. The van der Waals surface area contributed by atoms with Crippen LogP contribution in [0.2, 0.25) is 0 Å². The summed E-state index contributed by atoms with van der Waals surface area (Å²) in [6.07, 6.45) is 0.847. The summed E-state index contributed by atoms with van der Waals surface area (Å²) in [6.45, 7) is 5.86. The molecule has 2 aromatic rings. The lowest BCUT2D eigenvalue weighted by atomic mass is 10.1. The van der Waals surface area contributed by atoms with Crippen LogP contribution < -0.4 is 4.83 Å². The van der Waals surface area contributed by atoms with Crippen molar-refractivity contribution in [2.24, 2.45) is 11.0 Å². The number of allylic oxidation sites excluding steroid dienone is 1. The number of sulfonamides is 1. The van der Waals surface area contributed by atoms with Crippen LogP contribution in [-0.2, 0) is 10.0 Å². The fraction of sp³-hybridized carbons (Fsp3) is 0.167. The predicted molar refractivity (Wildman–Crippen MR) is 91.7 cm³/mol. The molecule has 0 saturated heterocycles. The van der Waals surface area contributed by atoms with Gasteiger partial charge in [0, 0.05) is 5.92 Å². The van der Waals surface area contributed by atoms with Gasteiger partial charge in [-0.15, -0.1) is 0 Å². The lowest BCUT2D eigenvalue weighted by molar-refractivity contribution is 0.584. The SMILES string of the molecule is C=C1CC1/C(=N\NS(=O)(=O)c1ccc(C)cc1)c1ccccc1. The second-order valence-corrected chi connectivity index (χ2v) is 7.35. The van der Waals surface area contributed by atoms with Crippen LogP contribution in [0.25, 0.3) is 0 Å². The zero-order valence-corrected chi connectivity index (χ0v) is 13.7. The van der Waals surface area contributed by atoms with Crippen molar-refractivity contribution in [3.05, 3.63) is 77.9 Å². The normalized spacial score (nSPS) is 17.9. The molecule has 0 radical (unpaired) electrons. The lowest BCUT2D eigenvalue weighted by Gasteiger charge is -2.08. The minimum Gasteiger partial charge on any atom is -0.200 e. The van der Waals surface area contributed by atoms with Gasteiger partial charge >= 0.3 is 0 Å². The number of nitrogens with one attached hydrogen (secondary N) is 1. The molecule has 3 rings (SSSR count). The van der Waals surface area contributed by atoms with Crippen molar-refractivity contribution < 1.29 is 8.42 Å².